The fourth-order valence-electron chi connectivity index (χ4n) is 1.33. The van der Waals surface area contributed by atoms with E-state index in [4.69, 9.17) is 27.9 Å². The zero-order valence-corrected chi connectivity index (χ0v) is 8.62. The largest absolute Gasteiger partial charge is 0.488 e. The monoisotopic (exact) mass is 217 g/mol. The minimum absolute atomic E-state index is 0.294. The van der Waals surface area contributed by atoms with E-state index in [1.54, 1.807) is 6.07 Å². The van der Waals surface area contributed by atoms with Gasteiger partial charge in [0.1, 0.15) is 6.61 Å². The van der Waals surface area contributed by atoms with E-state index in [1.807, 2.05) is 13.0 Å². The van der Waals surface area contributed by atoms with Crippen LogP contribution < -0.4 is 10.1 Å². The van der Waals surface area contributed by atoms with Crippen molar-refractivity contribution >= 4 is 28.9 Å². The number of fused-ring (bicyclic) bond motifs is 1. The second-order valence-corrected chi connectivity index (χ2v) is 3.96. The van der Waals surface area contributed by atoms with E-state index in [9.17, 15) is 0 Å². The van der Waals surface area contributed by atoms with Gasteiger partial charge in [0.25, 0.3) is 0 Å². The summed E-state index contributed by atoms with van der Waals surface area (Å²) in [4.78, 5) is 0. The second kappa shape index (κ2) is 3.28. The second-order valence-electron chi connectivity index (χ2n) is 3.12. The average molecular weight is 218 g/mol. The van der Waals surface area contributed by atoms with E-state index in [0.29, 0.717) is 28.4 Å². The predicted molar refractivity (Wildman–Crippen MR) is 55.0 cm³/mol. The number of ether oxygens (including phenoxy) is 1. The highest BCUT2D eigenvalue weighted by Crippen LogP contribution is 2.38. The van der Waals surface area contributed by atoms with E-state index in [1.165, 1.54) is 0 Å². The third-order valence-electron chi connectivity index (χ3n) is 1.89. The van der Waals surface area contributed by atoms with Gasteiger partial charge in [0, 0.05) is 5.02 Å². The van der Waals surface area contributed by atoms with Gasteiger partial charge in [0.15, 0.2) is 5.75 Å². The Balaban J connectivity index is 2.47. The van der Waals surface area contributed by atoms with Crippen molar-refractivity contribution in [2.24, 2.45) is 0 Å². The maximum absolute atomic E-state index is 5.95. The molecule has 1 N–H and O–H groups in total. The molecule has 1 unspecified atom stereocenters. The average Bonchev–Trinajstić information content (AvgIpc) is 2.02. The van der Waals surface area contributed by atoms with Crippen molar-refractivity contribution < 1.29 is 4.74 Å². The molecular weight excluding hydrogens is 209 g/mol. The summed E-state index contributed by atoms with van der Waals surface area (Å²) < 4.78 is 5.47. The quantitative estimate of drug-likeness (QED) is 0.721. The summed E-state index contributed by atoms with van der Waals surface area (Å²) in [5, 5.41) is 4.42. The first-order valence-corrected chi connectivity index (χ1v) is 4.81. The first kappa shape index (κ1) is 8.97. The molecule has 2 nitrogen and oxygen atoms in total. The number of benzene rings is 1. The van der Waals surface area contributed by atoms with Gasteiger partial charge in [-0.05, 0) is 19.1 Å². The third kappa shape index (κ3) is 1.69. The Hall–Kier alpha value is -0.600. The zero-order valence-electron chi connectivity index (χ0n) is 7.10. The van der Waals surface area contributed by atoms with Crippen molar-refractivity contribution in [1.82, 2.24) is 0 Å². The minimum Gasteiger partial charge on any atom is -0.488 e. The number of hydrogen-bond acceptors (Lipinski definition) is 2. The lowest BCUT2D eigenvalue weighted by atomic mass is 10.2. The molecule has 0 saturated heterocycles. The Morgan fingerprint density at radius 3 is 3.00 bits per heavy atom. The van der Waals surface area contributed by atoms with Crippen LogP contribution in [0.1, 0.15) is 6.92 Å². The minimum atomic E-state index is 0.294. The molecule has 1 aromatic rings. The first-order chi connectivity index (χ1) is 6.16. The molecule has 0 radical (unpaired) electrons. The van der Waals surface area contributed by atoms with Crippen molar-refractivity contribution in [2.45, 2.75) is 13.0 Å². The van der Waals surface area contributed by atoms with Crippen LogP contribution in [0.15, 0.2) is 12.1 Å². The van der Waals surface area contributed by atoms with E-state index >= 15 is 0 Å². The highest BCUT2D eigenvalue weighted by Gasteiger charge is 2.18. The highest BCUT2D eigenvalue weighted by atomic mass is 35.5. The number of anilines is 1. The van der Waals surface area contributed by atoms with Gasteiger partial charge in [0.2, 0.25) is 0 Å². The normalized spacial score (nSPS) is 20.1. The molecule has 70 valence electrons. The van der Waals surface area contributed by atoms with Gasteiger partial charge in [0.05, 0.1) is 16.8 Å². The number of rotatable bonds is 0. The number of halogens is 2. The van der Waals surface area contributed by atoms with Gasteiger partial charge >= 0.3 is 0 Å². The Morgan fingerprint density at radius 2 is 2.23 bits per heavy atom. The predicted octanol–water partition coefficient (Wildman–Crippen LogP) is 3.19. The standard InChI is InChI=1S/C9H9Cl2NO/c1-5-4-13-9-7(11)2-6(10)3-8(9)12-5/h2-3,5,12H,4H2,1H3. The van der Waals surface area contributed by atoms with Crippen LogP contribution in [-0.4, -0.2) is 12.6 Å². The smallest absolute Gasteiger partial charge is 0.161 e. The molecule has 2 rings (SSSR count). The topological polar surface area (TPSA) is 21.3 Å². The summed E-state index contributed by atoms with van der Waals surface area (Å²) in [5.74, 6) is 0.698. The molecule has 1 aliphatic heterocycles. The van der Waals surface area contributed by atoms with Gasteiger partial charge < -0.3 is 10.1 Å². The summed E-state index contributed by atoms with van der Waals surface area (Å²) in [6.07, 6.45) is 0. The van der Waals surface area contributed by atoms with Crippen LogP contribution in [0.5, 0.6) is 5.75 Å². The van der Waals surface area contributed by atoms with Crippen LogP contribution in [0.25, 0.3) is 0 Å². The van der Waals surface area contributed by atoms with E-state index < -0.39 is 0 Å². The molecule has 0 amide bonds. The maximum Gasteiger partial charge on any atom is 0.161 e. The number of hydrogen-bond donors (Lipinski definition) is 1. The molecule has 1 aromatic carbocycles. The van der Waals surface area contributed by atoms with Gasteiger partial charge in [-0.3, -0.25) is 0 Å². The van der Waals surface area contributed by atoms with Crippen molar-refractivity contribution in [1.29, 1.82) is 0 Å². The van der Waals surface area contributed by atoms with E-state index in [-0.39, 0.29) is 0 Å². The Labute approximate surface area is 86.8 Å². The summed E-state index contributed by atoms with van der Waals surface area (Å²) in [7, 11) is 0. The zero-order chi connectivity index (χ0) is 9.42. The van der Waals surface area contributed by atoms with Crippen LogP contribution in [0, 0.1) is 0 Å². The molecule has 0 fully saturated rings. The lowest BCUT2D eigenvalue weighted by Crippen LogP contribution is -2.28. The summed E-state index contributed by atoms with van der Waals surface area (Å²) in [5.41, 5.74) is 0.872. The molecule has 0 bridgehead atoms. The molecule has 13 heavy (non-hydrogen) atoms. The van der Waals surface area contributed by atoms with Gasteiger partial charge in [-0.2, -0.15) is 0 Å². The SMILES string of the molecule is CC1COc2c(Cl)cc(Cl)cc2N1. The van der Waals surface area contributed by atoms with Gasteiger partial charge in [-0.25, -0.2) is 0 Å². The highest BCUT2D eigenvalue weighted by molar-refractivity contribution is 6.36. The van der Waals surface area contributed by atoms with Crippen LogP contribution in [0.4, 0.5) is 5.69 Å². The van der Waals surface area contributed by atoms with E-state index in [2.05, 4.69) is 5.32 Å². The lowest BCUT2D eigenvalue weighted by Gasteiger charge is -2.25. The maximum atomic E-state index is 5.95. The molecule has 0 aliphatic carbocycles. The molecule has 0 spiro atoms. The number of nitrogens with one attached hydrogen (secondary N) is 1. The van der Waals surface area contributed by atoms with Gasteiger partial charge in [-0.15, -0.1) is 0 Å². The van der Waals surface area contributed by atoms with Crippen LogP contribution >= 0.6 is 23.2 Å². The van der Waals surface area contributed by atoms with Crippen molar-refractivity contribution in [2.75, 3.05) is 11.9 Å². The molecule has 0 saturated carbocycles. The summed E-state index contributed by atoms with van der Waals surface area (Å²) in [6, 6.07) is 3.79. The first-order valence-electron chi connectivity index (χ1n) is 4.05. The molecule has 0 aromatic heterocycles. The lowest BCUT2D eigenvalue weighted by molar-refractivity contribution is 0.292. The molecule has 1 atom stereocenters. The van der Waals surface area contributed by atoms with Crippen molar-refractivity contribution in [3.8, 4) is 5.75 Å². The van der Waals surface area contributed by atoms with Crippen molar-refractivity contribution in [3.63, 3.8) is 0 Å². The fourth-order valence-corrected chi connectivity index (χ4v) is 1.88. The Kier molecular flexibility index (Phi) is 2.26. The summed E-state index contributed by atoms with van der Waals surface area (Å²) >= 11 is 11.8. The molecule has 4 heteroatoms. The molecule has 1 aliphatic rings. The third-order valence-corrected chi connectivity index (χ3v) is 2.39. The molecule has 1 heterocycles. The fraction of sp³-hybridized carbons (Fsp3) is 0.333. The van der Waals surface area contributed by atoms with Crippen LogP contribution in [0.2, 0.25) is 10.0 Å². The van der Waals surface area contributed by atoms with Crippen molar-refractivity contribution in [3.05, 3.63) is 22.2 Å². The Bertz CT molecular complexity index is 341. The van der Waals surface area contributed by atoms with Gasteiger partial charge in [-0.1, -0.05) is 23.2 Å². The molecular formula is C9H9Cl2NO. The van der Waals surface area contributed by atoms with E-state index in [0.717, 1.165) is 5.69 Å². The Morgan fingerprint density at radius 1 is 1.46 bits per heavy atom. The van der Waals surface area contributed by atoms with Crippen LogP contribution in [0.3, 0.4) is 0 Å². The van der Waals surface area contributed by atoms with Crippen LogP contribution in [-0.2, 0) is 0 Å². The summed E-state index contributed by atoms with van der Waals surface area (Å²) in [6.45, 7) is 2.67.